The fourth-order valence-corrected chi connectivity index (χ4v) is 16.3. The van der Waals surface area contributed by atoms with Gasteiger partial charge in [-0.25, -0.2) is 18.2 Å². The predicted octanol–water partition coefficient (Wildman–Crippen LogP) is 31.2. The van der Waals surface area contributed by atoms with E-state index in [1.807, 2.05) is 142 Å². The maximum Gasteiger partial charge on any atom is 0.247 e. The molecule has 3 aliphatic rings. The zero-order chi connectivity index (χ0) is 89.1. The van der Waals surface area contributed by atoms with Gasteiger partial charge < -0.3 is 18.9 Å². The second-order valence-electron chi connectivity index (χ2n) is 32.1. The van der Waals surface area contributed by atoms with E-state index in [0.29, 0.717) is 10.0 Å². The van der Waals surface area contributed by atoms with Gasteiger partial charge in [0, 0.05) is 84.5 Å². The second-order valence-corrected chi connectivity index (χ2v) is 35.4. The fraction of sp³-hybridized carbons (Fsp3) is 0.155. The van der Waals surface area contributed by atoms with Crippen molar-refractivity contribution in [2.45, 2.75) is 73.4 Å². The SMILES string of the molecule is CN(C)CCCn1cc(/C=C/c2ccc(Cl)c(Cl)c2)c2ccccc21.Cc1cc(/C=C/C2=CCc3cc(F)ccc32)ccc1Cl.Cc1cc(/C=C/C2=CCc3ccc(Br)cc32)ccc1Cl.Cc1cc(/C=C/C2=CCc3ccc(F)cc32)ccc1Cl.Cc1cc(/C=C/c2cn(CCN(C)C)c3ccccc23)ccc1Cl.Cc1cccc(-[n+]2c[nH]c3cc(F)ccc32)c1. The summed E-state index contributed by atoms with van der Waals surface area (Å²) in [6.07, 6.45) is 37.8. The van der Waals surface area contributed by atoms with Gasteiger partial charge in [-0.3, -0.25) is 0 Å². The molecular weight excluding hydrogens is 1750 g/mol. The number of imidazole rings is 1. The first-order valence-corrected chi connectivity index (χ1v) is 44.9. The molecule has 0 amide bonds. The summed E-state index contributed by atoms with van der Waals surface area (Å²) in [6.45, 7) is 14.2. The lowest BCUT2D eigenvalue weighted by Crippen LogP contribution is -2.28. The average molecular weight is 1850 g/mol. The highest BCUT2D eigenvalue weighted by Gasteiger charge is 2.18. The number of aromatic nitrogens is 4. The van der Waals surface area contributed by atoms with Gasteiger partial charge in [-0.1, -0.05) is 286 Å². The Kier molecular flexibility index (Phi) is 32.4. The van der Waals surface area contributed by atoms with Crippen molar-refractivity contribution in [2.24, 2.45) is 0 Å². The minimum atomic E-state index is -0.226. The summed E-state index contributed by atoms with van der Waals surface area (Å²) in [6, 6.07) is 76.3. The number of rotatable bonds is 18. The summed E-state index contributed by atoms with van der Waals surface area (Å²) in [5.74, 6) is -0.585. The van der Waals surface area contributed by atoms with E-state index in [1.54, 1.807) is 18.2 Å². The van der Waals surface area contributed by atoms with E-state index in [9.17, 15) is 13.2 Å². The quantitative estimate of drug-likeness (QED) is 0.0869. The maximum absolute atomic E-state index is 13.3. The van der Waals surface area contributed by atoms with Gasteiger partial charge in [0.05, 0.1) is 10.0 Å². The summed E-state index contributed by atoms with van der Waals surface area (Å²) >= 11 is 39.8. The molecule has 6 nitrogen and oxygen atoms in total. The monoisotopic (exact) mass is 1850 g/mol. The van der Waals surface area contributed by atoms with E-state index < -0.39 is 0 Å². The molecule has 638 valence electrons. The standard InChI is InChI=1S/C21H22Cl2N2.C21H23ClN2.C18H14BrCl.2C18H14ClF.C14H11FN2/c1-24(2)12-5-13-25-15-17(18-6-3-4-7-21(18)25)10-8-16-9-11-19(22)20(23)14-16;1-16-14-17(9-11-20(16)22)8-10-18-15-24(13-12-23(2)3)21-7-5-4-6-19(18)21;1-12-10-13(3-9-18(12)20)2-4-14-5-6-15-7-8-16(19)11-17(14)15;1-12-10-13(3-9-18(12)19)2-4-14-5-6-15-11-16(20)7-8-17(14)15;1-12-10-13(3-9-18(12)19)2-4-14-5-6-15-7-8-16(20)11-17(14)15;1-10-3-2-4-12(7-10)17-9-16-13-8-11(15)5-6-14(13)17/h3-4,6-11,14-15H,5,12-13H2,1-2H3;4-11,14-15H,12-13H2,1-3H3;3*2-5,7-11H,6H2,1H3;2-9H,1H3/p+1/b2*10-8+;3*4-2+;. The first kappa shape index (κ1) is 92.7. The summed E-state index contributed by atoms with van der Waals surface area (Å²) in [7, 11) is 8.43. The molecule has 0 spiro atoms. The molecule has 0 saturated heterocycles. The number of hydrogen-bond donors (Lipinski definition) is 1. The molecule has 0 unspecified atom stereocenters. The Balaban J connectivity index is 0.000000130. The average Bonchev–Trinajstić information content (AvgIpc) is 1.67. The lowest BCUT2D eigenvalue weighted by atomic mass is 10.0. The van der Waals surface area contributed by atoms with Crippen LogP contribution in [0.4, 0.5) is 13.2 Å². The van der Waals surface area contributed by atoms with Gasteiger partial charge in [-0.2, -0.15) is 4.57 Å². The van der Waals surface area contributed by atoms with Gasteiger partial charge in [-0.15, -0.1) is 0 Å². The minimum Gasteiger partial charge on any atom is -0.347 e. The van der Waals surface area contributed by atoms with Crippen LogP contribution >= 0.6 is 85.5 Å². The zero-order valence-corrected chi connectivity index (χ0v) is 78.0. The molecule has 0 bridgehead atoms. The van der Waals surface area contributed by atoms with E-state index in [2.05, 4.69) is 257 Å². The third-order valence-electron chi connectivity index (χ3n) is 22.0. The molecule has 18 rings (SSSR count). The number of likely N-dealkylation sites (N-methyl/N-ethyl adjacent to an activating group) is 1. The third-order valence-corrected chi connectivity index (χ3v) is 24.9. The van der Waals surface area contributed by atoms with Crippen LogP contribution in [0, 0.1) is 52.1 Å². The minimum absolute atomic E-state index is 0.171. The van der Waals surface area contributed by atoms with Crippen molar-refractivity contribution in [1.82, 2.24) is 23.9 Å². The molecule has 15 aromatic rings. The third kappa shape index (κ3) is 25.0. The molecular formula is C110H99BrCl6F3N6+. The normalized spacial score (nSPS) is 12.6. The number of allylic oxidation sites excluding steroid dienone is 9. The van der Waals surface area contributed by atoms with Crippen LogP contribution in [-0.2, 0) is 32.4 Å². The van der Waals surface area contributed by atoms with Crippen LogP contribution in [0.5, 0.6) is 0 Å². The molecule has 0 aliphatic heterocycles. The highest BCUT2D eigenvalue weighted by molar-refractivity contribution is 9.10. The number of hydrogen-bond acceptors (Lipinski definition) is 2. The molecule has 0 atom stereocenters. The Bertz CT molecular complexity index is 6580. The van der Waals surface area contributed by atoms with Crippen molar-refractivity contribution < 1.29 is 17.7 Å². The van der Waals surface area contributed by atoms with Crippen molar-refractivity contribution in [3.05, 3.63) is 444 Å². The van der Waals surface area contributed by atoms with Crippen LogP contribution in [0.25, 0.3) is 97.8 Å². The molecule has 1 N–H and O–H groups in total. The molecule has 16 heteroatoms. The topological polar surface area (TPSA) is 36.0 Å². The van der Waals surface area contributed by atoms with Gasteiger partial charge >= 0.3 is 0 Å². The molecule has 0 fully saturated rings. The Morgan fingerprint density at radius 2 is 0.817 bits per heavy atom. The van der Waals surface area contributed by atoms with E-state index in [0.717, 1.165) is 160 Å². The second kappa shape index (κ2) is 44.0. The van der Waals surface area contributed by atoms with Gasteiger partial charge in [0.25, 0.3) is 0 Å². The number of fused-ring (bicyclic) bond motifs is 6. The molecule has 12 aromatic carbocycles. The smallest absolute Gasteiger partial charge is 0.247 e. The van der Waals surface area contributed by atoms with Crippen LogP contribution in [0.3, 0.4) is 0 Å². The van der Waals surface area contributed by atoms with Crippen molar-refractivity contribution in [3.8, 4) is 5.69 Å². The number of aromatic amines is 1. The number of para-hydroxylation sites is 2. The van der Waals surface area contributed by atoms with Gasteiger partial charge in [0.2, 0.25) is 6.33 Å². The largest absolute Gasteiger partial charge is 0.347 e. The molecule has 126 heavy (non-hydrogen) atoms. The van der Waals surface area contributed by atoms with Crippen molar-refractivity contribution in [3.63, 3.8) is 0 Å². The molecule has 3 heterocycles. The van der Waals surface area contributed by atoms with Crippen molar-refractivity contribution in [1.29, 1.82) is 0 Å². The van der Waals surface area contributed by atoms with Crippen LogP contribution in [0.2, 0.25) is 30.1 Å². The molecule has 3 aliphatic carbocycles. The van der Waals surface area contributed by atoms with Crippen molar-refractivity contribution in [2.75, 3.05) is 41.3 Å². The fourth-order valence-electron chi connectivity index (χ4n) is 15.2. The summed E-state index contributed by atoms with van der Waals surface area (Å²) < 4.78 is 47.4. The lowest BCUT2D eigenvalue weighted by Gasteiger charge is -2.10. The number of H-pyrrole nitrogens is 1. The molecule has 3 aromatic heterocycles. The van der Waals surface area contributed by atoms with Crippen LogP contribution in [0.15, 0.2) is 296 Å². The van der Waals surface area contributed by atoms with E-state index in [1.165, 1.54) is 96.2 Å². The maximum atomic E-state index is 13.3. The number of nitrogens with zero attached hydrogens (tertiary/aromatic N) is 5. The Morgan fingerprint density at radius 3 is 1.33 bits per heavy atom. The van der Waals surface area contributed by atoms with E-state index in [4.69, 9.17) is 69.6 Å². The van der Waals surface area contributed by atoms with Crippen molar-refractivity contribution >= 4 is 178 Å². The summed E-state index contributed by atoms with van der Waals surface area (Å²) in [5, 5.41) is 6.90. The highest BCUT2D eigenvalue weighted by atomic mass is 79.9. The molecule has 0 radical (unpaired) electrons. The number of halogens is 10. The Morgan fingerprint density at radius 1 is 0.381 bits per heavy atom. The highest BCUT2D eigenvalue weighted by Crippen LogP contribution is 2.36. The van der Waals surface area contributed by atoms with Gasteiger partial charge in [0.1, 0.15) is 23.1 Å². The number of benzene rings is 12. The lowest BCUT2D eigenvalue weighted by molar-refractivity contribution is -0.567. The van der Waals surface area contributed by atoms with Gasteiger partial charge in [-0.05, 0) is 321 Å². The Hall–Kier alpha value is -11.0. The molecule has 0 saturated carbocycles. The first-order chi connectivity index (χ1) is 60.7. The predicted molar refractivity (Wildman–Crippen MR) is 538 cm³/mol. The Labute approximate surface area is 777 Å². The summed E-state index contributed by atoms with van der Waals surface area (Å²) in [5.41, 5.74) is 29.5. The first-order valence-electron chi connectivity index (χ1n) is 41.8. The van der Waals surface area contributed by atoms with Crippen LogP contribution < -0.4 is 4.57 Å². The van der Waals surface area contributed by atoms with Gasteiger partial charge in [0.15, 0.2) is 11.0 Å². The van der Waals surface area contributed by atoms with Crippen LogP contribution in [0.1, 0.15) is 107 Å². The number of nitrogens with one attached hydrogen (secondary N) is 1. The number of aryl methyl sites for hydroxylation is 6. The van der Waals surface area contributed by atoms with E-state index in [-0.39, 0.29) is 17.5 Å². The summed E-state index contributed by atoms with van der Waals surface area (Å²) in [4.78, 5) is 7.50. The van der Waals surface area contributed by atoms with Crippen LogP contribution in [-0.4, -0.2) is 65.2 Å². The van der Waals surface area contributed by atoms with E-state index >= 15 is 0 Å². The zero-order valence-electron chi connectivity index (χ0n) is 71.9.